The molecule has 226 valence electrons. The molecule has 14 heteroatoms. The summed E-state index contributed by atoms with van der Waals surface area (Å²) >= 11 is -1.16. The van der Waals surface area contributed by atoms with Crippen LogP contribution in [0.4, 0.5) is 22.0 Å². The quantitative estimate of drug-likeness (QED) is 0.116. The lowest BCUT2D eigenvalue weighted by Crippen LogP contribution is -2.56. The Labute approximate surface area is 232 Å². The second kappa shape index (κ2) is 11.6. The van der Waals surface area contributed by atoms with E-state index >= 15 is 0 Å². The first kappa shape index (κ1) is 31.3. The first-order valence-corrected chi connectivity index (χ1v) is 14.2. The number of ether oxygens (including phenoxy) is 1. The van der Waals surface area contributed by atoms with E-state index in [0.29, 0.717) is 38.5 Å². The lowest BCUT2D eigenvalue weighted by Gasteiger charge is -2.54. The predicted octanol–water partition coefficient (Wildman–Crippen LogP) is 5.73. The van der Waals surface area contributed by atoms with Gasteiger partial charge in [-0.25, -0.2) is 5.26 Å². The lowest BCUT2D eigenvalue weighted by molar-refractivity contribution is -0.434. The summed E-state index contributed by atoms with van der Waals surface area (Å²) in [4.78, 5) is 51.2. The first-order chi connectivity index (χ1) is 18.6. The third-order valence-electron chi connectivity index (χ3n) is 10.0. The molecule has 4 fully saturated rings. The summed E-state index contributed by atoms with van der Waals surface area (Å²) in [6.07, 6.45) is -6.76. The van der Waals surface area contributed by atoms with E-state index in [-0.39, 0.29) is 71.6 Å². The van der Waals surface area contributed by atoms with Gasteiger partial charge in [-0.2, -0.15) is 22.0 Å². The average Bonchev–Trinajstić information content (AvgIpc) is 3.22. The van der Waals surface area contributed by atoms with Crippen LogP contribution in [0.15, 0.2) is 0 Å². The van der Waals surface area contributed by atoms with Gasteiger partial charge in [0.25, 0.3) is 6.10 Å². The molecule has 0 aromatic heterocycles. The van der Waals surface area contributed by atoms with Crippen molar-refractivity contribution in [2.45, 2.75) is 89.2 Å². The van der Waals surface area contributed by atoms with Gasteiger partial charge in [0.2, 0.25) is 0 Å². The molecular weight excluding hydrogens is 567 g/mol. The van der Waals surface area contributed by atoms with Crippen molar-refractivity contribution >= 4 is 35.4 Å². The molecule has 0 saturated heterocycles. The van der Waals surface area contributed by atoms with Crippen molar-refractivity contribution in [1.29, 1.82) is 0 Å². The summed E-state index contributed by atoms with van der Waals surface area (Å²) in [5, 5.41) is 6.10. The molecule has 0 heterocycles. The van der Waals surface area contributed by atoms with Crippen LogP contribution in [-0.2, 0) is 33.3 Å². The monoisotopic (exact) mass is 600 g/mol. The van der Waals surface area contributed by atoms with Gasteiger partial charge in [-0.05, 0) is 61.2 Å². The molecule has 4 rings (SSSR count). The van der Waals surface area contributed by atoms with Gasteiger partial charge in [0.05, 0.1) is 0 Å². The first-order valence-electron chi connectivity index (χ1n) is 13.5. The molecule has 0 bridgehead atoms. The number of Topliss-reactive ketones (excluding diaryl/α,β-unsaturated/α-hetero) is 3. The minimum Gasteiger partial charge on any atom is -0.445 e. The Morgan fingerprint density at radius 1 is 1.07 bits per heavy atom. The maximum Gasteiger partial charge on any atom is 0.432 e. The van der Waals surface area contributed by atoms with E-state index in [2.05, 4.69) is 14.1 Å². The number of ketones is 3. The Bertz CT molecular complexity index is 1020. The number of hydrogen-bond donors (Lipinski definition) is 1. The zero-order valence-electron chi connectivity index (χ0n) is 22.1. The van der Waals surface area contributed by atoms with E-state index in [1.54, 1.807) is 6.92 Å². The second-order valence-corrected chi connectivity index (χ2v) is 12.8. The molecule has 9 atom stereocenters. The van der Waals surface area contributed by atoms with Crippen molar-refractivity contribution in [3.63, 3.8) is 0 Å². The second-order valence-electron chi connectivity index (χ2n) is 12.0. The van der Waals surface area contributed by atoms with E-state index in [0.717, 1.165) is 0 Å². The van der Waals surface area contributed by atoms with Gasteiger partial charge < -0.3 is 4.74 Å². The molecule has 0 aromatic carbocycles. The molecule has 4 aliphatic carbocycles. The summed E-state index contributed by atoms with van der Waals surface area (Å²) in [7, 11) is 0. The zero-order valence-corrected chi connectivity index (χ0v) is 22.9. The highest BCUT2D eigenvalue weighted by Gasteiger charge is 2.64. The molecule has 1 N–H and O–H groups in total. The van der Waals surface area contributed by atoms with Crippen LogP contribution in [0.25, 0.3) is 0 Å². The standard InChI is InChI=1S/C26H33F5O8S/c1-12(3-8-21(35)37-23(25(27,28)29)26(30,31)40-39-38-36)17-6-7-18-22-16(11-20(34)24(17,18)2)15-5-4-14(32)9-13(15)10-19(22)33/h12-13,15-18,22-23,36H,3-11H2,1-2H3/t12?,13-,15-,16+,17+,18-,22+,23?,24+/m0/s1. The molecule has 0 aromatic rings. The molecular formula is C26H33F5O8S. The Balaban J connectivity index is 1.42. The number of halogens is 5. The summed E-state index contributed by atoms with van der Waals surface area (Å²) < 4.78 is 75.0. The van der Waals surface area contributed by atoms with Crippen LogP contribution < -0.4 is 0 Å². The van der Waals surface area contributed by atoms with Crippen molar-refractivity contribution in [1.82, 2.24) is 0 Å². The maximum atomic E-state index is 13.9. The van der Waals surface area contributed by atoms with Crippen molar-refractivity contribution in [3.05, 3.63) is 0 Å². The fourth-order valence-corrected chi connectivity index (χ4v) is 8.66. The van der Waals surface area contributed by atoms with E-state index in [1.807, 2.05) is 6.92 Å². The van der Waals surface area contributed by atoms with E-state index in [9.17, 15) is 41.1 Å². The van der Waals surface area contributed by atoms with Crippen LogP contribution >= 0.6 is 12.0 Å². The van der Waals surface area contributed by atoms with Gasteiger partial charge in [0.15, 0.2) is 0 Å². The molecule has 2 unspecified atom stereocenters. The molecule has 40 heavy (non-hydrogen) atoms. The fraction of sp³-hybridized carbons (Fsp3) is 0.846. The van der Waals surface area contributed by atoms with E-state index in [1.165, 1.54) is 0 Å². The van der Waals surface area contributed by atoms with Gasteiger partial charge in [0, 0.05) is 43.4 Å². The molecule has 8 nitrogen and oxygen atoms in total. The SMILES string of the molecule is CC(CCC(=O)OC(C(F)(F)F)C(F)(F)SOOO)[C@H]1CC[C@H]2[C@@H]3C(=O)C[C@@H]4CC(=O)CC[C@@H]4[C@H]3CC(=O)[C@]12C. The zero-order chi connectivity index (χ0) is 29.6. The number of hydrogen-bond acceptors (Lipinski definition) is 9. The van der Waals surface area contributed by atoms with Crippen molar-refractivity contribution in [2.24, 2.45) is 46.8 Å². The van der Waals surface area contributed by atoms with Crippen LogP contribution in [0.2, 0.25) is 0 Å². The fourth-order valence-electron chi connectivity index (χ4n) is 8.27. The largest absolute Gasteiger partial charge is 0.445 e. The number of fused-ring (bicyclic) bond motifs is 5. The third-order valence-corrected chi connectivity index (χ3v) is 10.6. The van der Waals surface area contributed by atoms with Gasteiger partial charge in [-0.1, -0.05) is 18.9 Å². The third kappa shape index (κ3) is 5.82. The normalized spacial score (nSPS) is 36.0. The molecule has 0 aliphatic heterocycles. The molecule has 4 aliphatic rings. The van der Waals surface area contributed by atoms with Crippen molar-refractivity contribution in [3.8, 4) is 0 Å². The topological polar surface area (TPSA) is 116 Å². The van der Waals surface area contributed by atoms with Crippen LogP contribution in [-0.4, -0.2) is 46.1 Å². The van der Waals surface area contributed by atoms with Gasteiger partial charge in [0.1, 0.15) is 29.4 Å². The smallest absolute Gasteiger partial charge is 0.432 e. The number of carbonyl (C=O) groups excluding carboxylic acids is 4. The Morgan fingerprint density at radius 3 is 2.42 bits per heavy atom. The number of rotatable bonds is 9. The highest BCUT2D eigenvalue weighted by Crippen LogP contribution is 2.63. The maximum absolute atomic E-state index is 13.9. The van der Waals surface area contributed by atoms with Crippen LogP contribution in [0, 0.1) is 46.8 Å². The molecule has 4 saturated carbocycles. The minimum absolute atomic E-state index is 0.00646. The van der Waals surface area contributed by atoms with Crippen LogP contribution in [0.1, 0.15) is 71.6 Å². The minimum atomic E-state index is -5.63. The molecule has 0 spiro atoms. The summed E-state index contributed by atoms with van der Waals surface area (Å²) in [5.74, 6) is -2.23. The van der Waals surface area contributed by atoms with Crippen molar-refractivity contribution < 1.29 is 60.5 Å². The number of alkyl halides is 5. The number of carbonyl (C=O) groups is 4. The van der Waals surface area contributed by atoms with E-state index < -0.39 is 47.4 Å². The highest BCUT2D eigenvalue weighted by molar-refractivity contribution is 7.95. The number of esters is 1. The Morgan fingerprint density at radius 2 is 1.77 bits per heavy atom. The van der Waals surface area contributed by atoms with Gasteiger partial charge in [-0.3, -0.25) is 19.2 Å². The average molecular weight is 601 g/mol. The summed E-state index contributed by atoms with van der Waals surface area (Å²) in [6.45, 7) is 3.60. The highest BCUT2D eigenvalue weighted by atomic mass is 32.2. The molecule has 0 amide bonds. The lowest BCUT2D eigenvalue weighted by atomic mass is 9.48. The summed E-state index contributed by atoms with van der Waals surface area (Å²) in [6, 6.07) is 0. The summed E-state index contributed by atoms with van der Waals surface area (Å²) in [5.41, 5.74) is -0.850. The van der Waals surface area contributed by atoms with E-state index in [4.69, 9.17) is 5.26 Å². The predicted molar refractivity (Wildman–Crippen MR) is 128 cm³/mol. The Hall–Kier alpha value is -1.64. The van der Waals surface area contributed by atoms with Crippen molar-refractivity contribution in [2.75, 3.05) is 0 Å². The van der Waals surface area contributed by atoms with Crippen LogP contribution in [0.5, 0.6) is 0 Å². The molecule has 0 radical (unpaired) electrons. The van der Waals surface area contributed by atoms with Gasteiger partial charge in [-0.15, -0.1) is 4.33 Å². The Kier molecular flexibility index (Phi) is 9.05. The van der Waals surface area contributed by atoms with Gasteiger partial charge >= 0.3 is 17.4 Å². The van der Waals surface area contributed by atoms with Crippen LogP contribution in [0.3, 0.4) is 0 Å².